The predicted molar refractivity (Wildman–Crippen MR) is 150 cm³/mol. The molecule has 4 amide bonds. The lowest BCUT2D eigenvalue weighted by Gasteiger charge is -2.25. The Morgan fingerprint density at radius 1 is 0.977 bits per heavy atom. The topological polar surface area (TPSA) is 143 Å². The van der Waals surface area contributed by atoms with E-state index < -0.39 is 83.0 Å². The van der Waals surface area contributed by atoms with Crippen LogP contribution in [0.1, 0.15) is 45.6 Å². The average molecular weight is 623 g/mol. The Balaban J connectivity index is 1.77. The molecule has 10 nitrogen and oxygen atoms in total. The van der Waals surface area contributed by atoms with Gasteiger partial charge in [-0.2, -0.15) is 8.78 Å². The summed E-state index contributed by atoms with van der Waals surface area (Å²) in [4.78, 5) is 64.1. The van der Waals surface area contributed by atoms with Gasteiger partial charge in [0.25, 0.3) is 0 Å². The Labute approximate surface area is 251 Å². The zero-order valence-corrected chi connectivity index (χ0v) is 24.4. The fraction of sp³-hybridized carbons (Fsp3) is 0.433. The number of benzene rings is 2. The van der Waals surface area contributed by atoms with E-state index in [1.807, 2.05) is 6.92 Å². The van der Waals surface area contributed by atoms with E-state index >= 15 is 0 Å². The number of anilines is 1. The summed E-state index contributed by atoms with van der Waals surface area (Å²) in [6.45, 7) is 4.58. The molecule has 0 radical (unpaired) electrons. The molecule has 14 heteroatoms. The van der Waals surface area contributed by atoms with Crippen LogP contribution in [0.2, 0.25) is 0 Å². The smallest absolute Gasteiger partial charge is 0.313 e. The summed E-state index contributed by atoms with van der Waals surface area (Å²) in [5.74, 6) is -13.9. The second-order valence-corrected chi connectivity index (χ2v) is 10.7. The van der Waals surface area contributed by atoms with E-state index in [2.05, 4.69) is 21.3 Å². The molecule has 44 heavy (non-hydrogen) atoms. The fourth-order valence-corrected chi connectivity index (χ4v) is 4.68. The number of hydrogen-bond donors (Lipinski definition) is 4. The number of ether oxygens (including phenoxy) is 1. The largest absolute Gasteiger partial charge is 0.479 e. The van der Waals surface area contributed by atoms with Crippen molar-refractivity contribution in [1.82, 2.24) is 16.0 Å². The van der Waals surface area contributed by atoms with Crippen LogP contribution in [0.3, 0.4) is 0 Å². The number of hydrogen-bond acceptors (Lipinski definition) is 6. The Morgan fingerprint density at radius 2 is 1.64 bits per heavy atom. The first-order valence-corrected chi connectivity index (χ1v) is 14.1. The number of para-hydroxylation sites is 1. The predicted octanol–water partition coefficient (Wildman–Crippen LogP) is 2.93. The number of amides is 4. The molecule has 1 aliphatic heterocycles. The van der Waals surface area contributed by atoms with Gasteiger partial charge in [0.1, 0.15) is 12.6 Å². The fourth-order valence-electron chi connectivity index (χ4n) is 4.68. The standard InChI is InChI=1S/C30H34F4N4O6/c1-4-16-7-5-6-8-20(16)36-29(42)30(43)38-22(11-15(2)3)28(41)37-21(12-17-9-10-35-27(17)40)23(39)14-44-26-24(33)18(31)13-19(32)25(26)34/h5-8,13,15,17,21-22H,4,9-12,14H2,1-3H3,(H,35,40)(H,36,42)(H,37,41)(H,38,43)/t17-,21-,22-/m0/s1. The van der Waals surface area contributed by atoms with Gasteiger partial charge < -0.3 is 26.0 Å². The van der Waals surface area contributed by atoms with E-state index in [9.17, 15) is 41.5 Å². The molecular weight excluding hydrogens is 588 g/mol. The molecular formula is C30H34F4N4O6. The third-order valence-corrected chi connectivity index (χ3v) is 7.00. The van der Waals surface area contributed by atoms with Gasteiger partial charge in [-0.3, -0.25) is 24.0 Å². The highest BCUT2D eigenvalue weighted by molar-refractivity contribution is 6.40. The molecule has 4 N–H and O–H groups in total. The zero-order valence-electron chi connectivity index (χ0n) is 24.4. The summed E-state index contributed by atoms with van der Waals surface area (Å²) in [6.07, 6.45) is 0.723. The van der Waals surface area contributed by atoms with Crippen molar-refractivity contribution >= 4 is 35.1 Å². The molecule has 1 aliphatic rings. The summed E-state index contributed by atoms with van der Waals surface area (Å²) in [6, 6.07) is 4.08. The number of nitrogens with one attached hydrogen (secondary N) is 4. The maximum absolute atomic E-state index is 14.1. The minimum absolute atomic E-state index is 0.0208. The molecule has 1 heterocycles. The molecule has 3 atom stereocenters. The van der Waals surface area contributed by atoms with Gasteiger partial charge in [-0.15, -0.1) is 0 Å². The van der Waals surface area contributed by atoms with Crippen LogP contribution in [0.5, 0.6) is 5.75 Å². The number of Topliss-reactive ketones (excluding diaryl/α,β-unsaturated/α-hetero) is 1. The highest BCUT2D eigenvalue weighted by Gasteiger charge is 2.34. The second kappa shape index (κ2) is 15.3. The SMILES string of the molecule is CCc1ccccc1NC(=O)C(=O)N[C@@H](CC(C)C)C(=O)N[C@@H](C[C@@H]1CCNC1=O)C(=O)COc1c(F)c(F)cc(F)c1F. The summed E-state index contributed by atoms with van der Waals surface area (Å²) in [5.41, 5.74) is 1.21. The van der Waals surface area contributed by atoms with Crippen LogP contribution in [0.4, 0.5) is 23.2 Å². The molecule has 2 aromatic carbocycles. The first-order chi connectivity index (χ1) is 20.8. The van der Waals surface area contributed by atoms with Crippen molar-refractivity contribution in [2.45, 2.75) is 58.5 Å². The lowest BCUT2D eigenvalue weighted by molar-refractivity contribution is -0.138. The van der Waals surface area contributed by atoms with Gasteiger partial charge in [0, 0.05) is 24.2 Å². The second-order valence-electron chi connectivity index (χ2n) is 10.7. The lowest BCUT2D eigenvalue weighted by atomic mass is 9.95. The van der Waals surface area contributed by atoms with Crippen LogP contribution in [-0.4, -0.2) is 54.6 Å². The number of aryl methyl sites for hydroxylation is 1. The van der Waals surface area contributed by atoms with E-state index in [1.54, 1.807) is 38.1 Å². The average Bonchev–Trinajstić information content (AvgIpc) is 3.38. The third-order valence-electron chi connectivity index (χ3n) is 7.00. The molecule has 0 saturated carbocycles. The van der Waals surface area contributed by atoms with Crippen molar-refractivity contribution < 1.29 is 46.3 Å². The van der Waals surface area contributed by atoms with Crippen LogP contribution >= 0.6 is 0 Å². The van der Waals surface area contributed by atoms with Gasteiger partial charge in [0.15, 0.2) is 23.2 Å². The van der Waals surface area contributed by atoms with Crippen LogP contribution in [0, 0.1) is 35.1 Å². The van der Waals surface area contributed by atoms with Crippen LogP contribution < -0.4 is 26.0 Å². The summed E-state index contributed by atoms with van der Waals surface area (Å²) < 4.78 is 60.1. The molecule has 0 spiro atoms. The minimum Gasteiger partial charge on any atom is -0.479 e. The molecule has 0 unspecified atom stereocenters. The third kappa shape index (κ3) is 8.77. The van der Waals surface area contributed by atoms with Crippen molar-refractivity contribution in [3.8, 4) is 5.75 Å². The van der Waals surface area contributed by atoms with Crippen molar-refractivity contribution in [2.24, 2.45) is 11.8 Å². The molecule has 0 aliphatic carbocycles. The van der Waals surface area contributed by atoms with Crippen molar-refractivity contribution in [2.75, 3.05) is 18.5 Å². The van der Waals surface area contributed by atoms with E-state index in [1.165, 1.54) is 0 Å². The summed E-state index contributed by atoms with van der Waals surface area (Å²) in [7, 11) is 0. The number of ketones is 1. The van der Waals surface area contributed by atoms with Gasteiger partial charge in [0.05, 0.1) is 6.04 Å². The van der Waals surface area contributed by atoms with Crippen molar-refractivity contribution in [3.63, 3.8) is 0 Å². The molecule has 1 fully saturated rings. The van der Waals surface area contributed by atoms with Crippen LogP contribution in [-0.2, 0) is 30.4 Å². The molecule has 0 bridgehead atoms. The first-order valence-electron chi connectivity index (χ1n) is 14.1. The van der Waals surface area contributed by atoms with Gasteiger partial charge in [-0.05, 0) is 43.2 Å². The van der Waals surface area contributed by atoms with Gasteiger partial charge >= 0.3 is 11.8 Å². The molecule has 3 rings (SSSR count). The van der Waals surface area contributed by atoms with Crippen molar-refractivity contribution in [3.05, 3.63) is 59.2 Å². The zero-order chi connectivity index (χ0) is 32.6. The van der Waals surface area contributed by atoms with Gasteiger partial charge in [-0.1, -0.05) is 39.0 Å². The summed E-state index contributed by atoms with van der Waals surface area (Å²) >= 11 is 0. The first kappa shape index (κ1) is 34.0. The lowest BCUT2D eigenvalue weighted by Crippen LogP contribution is -2.54. The highest BCUT2D eigenvalue weighted by atomic mass is 19.2. The molecule has 0 aromatic heterocycles. The maximum Gasteiger partial charge on any atom is 0.313 e. The minimum atomic E-state index is -1.85. The van der Waals surface area contributed by atoms with Gasteiger partial charge in [0.2, 0.25) is 23.4 Å². The monoisotopic (exact) mass is 622 g/mol. The molecule has 2 aromatic rings. The Kier molecular flexibility index (Phi) is 11.8. The van der Waals surface area contributed by atoms with E-state index in [0.29, 0.717) is 25.1 Å². The quantitative estimate of drug-likeness (QED) is 0.154. The summed E-state index contributed by atoms with van der Waals surface area (Å²) in [5, 5.41) is 9.91. The molecule has 1 saturated heterocycles. The van der Waals surface area contributed by atoms with Crippen LogP contribution in [0.15, 0.2) is 30.3 Å². The van der Waals surface area contributed by atoms with Crippen LogP contribution in [0.25, 0.3) is 0 Å². The van der Waals surface area contributed by atoms with Gasteiger partial charge in [-0.25, -0.2) is 8.78 Å². The Morgan fingerprint density at radius 3 is 2.23 bits per heavy atom. The Hall–Kier alpha value is -4.49. The number of rotatable bonds is 13. The number of carbonyl (C=O) groups excluding carboxylic acids is 5. The maximum atomic E-state index is 14.1. The van der Waals surface area contributed by atoms with Crippen molar-refractivity contribution in [1.29, 1.82) is 0 Å². The number of carbonyl (C=O) groups is 5. The van der Waals surface area contributed by atoms with E-state index in [0.717, 1.165) is 5.56 Å². The highest BCUT2D eigenvalue weighted by Crippen LogP contribution is 2.27. The Bertz CT molecular complexity index is 1390. The molecule has 238 valence electrons. The normalized spacial score (nSPS) is 15.7. The van der Waals surface area contributed by atoms with E-state index in [4.69, 9.17) is 4.74 Å². The van der Waals surface area contributed by atoms with E-state index in [-0.39, 0.29) is 24.8 Å². The number of halogens is 4.